The van der Waals surface area contributed by atoms with Gasteiger partial charge in [-0.15, -0.1) is 0 Å². The van der Waals surface area contributed by atoms with Crippen LogP contribution in [0.4, 0.5) is 5.69 Å². The molecule has 1 N–H and O–H groups in total. The minimum atomic E-state index is -0.333. The summed E-state index contributed by atoms with van der Waals surface area (Å²) in [5.41, 5.74) is 2.98. The third kappa shape index (κ3) is 6.42. The van der Waals surface area contributed by atoms with Gasteiger partial charge >= 0.3 is 5.97 Å². The highest BCUT2D eigenvalue weighted by Crippen LogP contribution is 2.19. The monoisotopic (exact) mass is 408 g/mol. The molecule has 0 aromatic heterocycles. The second-order valence-electron chi connectivity index (χ2n) is 8.18. The van der Waals surface area contributed by atoms with Crippen molar-refractivity contribution in [2.75, 3.05) is 25.0 Å². The molecule has 5 nitrogen and oxygen atoms in total. The van der Waals surface area contributed by atoms with Crippen molar-refractivity contribution in [3.8, 4) is 0 Å². The van der Waals surface area contributed by atoms with Gasteiger partial charge in [-0.05, 0) is 80.2 Å². The van der Waals surface area contributed by atoms with E-state index < -0.39 is 0 Å². The van der Waals surface area contributed by atoms with E-state index in [9.17, 15) is 9.59 Å². The van der Waals surface area contributed by atoms with Crippen LogP contribution in [-0.4, -0.2) is 36.5 Å². The number of hydrogen-bond acceptors (Lipinski definition) is 4. The standard InChI is InChI=1S/C25H32N2O3/c1-3-4-17-30-25(29)22-9-11-23(12-10-22)26-24(28)21-7-5-20(6-8-21)18-27-15-13-19(2)14-16-27/h5-12,19H,3-4,13-18H2,1-2H3,(H,26,28). The molecule has 2 aromatic carbocycles. The number of ether oxygens (including phenoxy) is 1. The second-order valence-corrected chi connectivity index (χ2v) is 8.18. The number of hydrogen-bond donors (Lipinski definition) is 1. The molecular weight excluding hydrogens is 376 g/mol. The van der Waals surface area contributed by atoms with E-state index in [2.05, 4.69) is 17.1 Å². The number of esters is 1. The number of nitrogens with one attached hydrogen (secondary N) is 1. The highest BCUT2D eigenvalue weighted by atomic mass is 16.5. The maximum atomic E-state index is 12.5. The van der Waals surface area contributed by atoms with Crippen LogP contribution in [0.25, 0.3) is 0 Å². The fourth-order valence-corrected chi connectivity index (χ4v) is 3.53. The number of likely N-dealkylation sites (tertiary alicyclic amines) is 1. The van der Waals surface area contributed by atoms with Gasteiger partial charge in [-0.2, -0.15) is 0 Å². The van der Waals surface area contributed by atoms with E-state index in [4.69, 9.17) is 4.74 Å². The van der Waals surface area contributed by atoms with Crippen LogP contribution in [0.5, 0.6) is 0 Å². The molecule has 0 bridgehead atoms. The molecule has 160 valence electrons. The summed E-state index contributed by atoms with van der Waals surface area (Å²) < 4.78 is 5.20. The molecule has 0 spiro atoms. The number of benzene rings is 2. The Bertz CT molecular complexity index is 822. The van der Waals surface area contributed by atoms with Crippen molar-refractivity contribution in [2.45, 2.75) is 46.1 Å². The van der Waals surface area contributed by atoms with Crippen molar-refractivity contribution in [1.82, 2.24) is 4.90 Å². The molecule has 5 heteroatoms. The number of nitrogens with zero attached hydrogens (tertiary/aromatic N) is 1. The van der Waals surface area contributed by atoms with Crippen LogP contribution in [0.15, 0.2) is 48.5 Å². The molecule has 0 unspecified atom stereocenters. The first kappa shape index (κ1) is 22.0. The quantitative estimate of drug-likeness (QED) is 0.486. The average Bonchev–Trinajstić information content (AvgIpc) is 2.76. The van der Waals surface area contributed by atoms with Gasteiger partial charge in [-0.25, -0.2) is 4.79 Å². The van der Waals surface area contributed by atoms with Gasteiger partial charge in [-0.3, -0.25) is 9.69 Å². The molecule has 0 radical (unpaired) electrons. The lowest BCUT2D eigenvalue weighted by atomic mass is 9.99. The molecule has 1 amide bonds. The highest BCUT2D eigenvalue weighted by molar-refractivity contribution is 6.04. The minimum absolute atomic E-state index is 0.161. The molecular formula is C25H32N2O3. The molecule has 1 aliphatic heterocycles. The number of carbonyl (C=O) groups excluding carboxylic acids is 2. The van der Waals surface area contributed by atoms with Crippen LogP contribution in [0.3, 0.4) is 0 Å². The Kier molecular flexibility index (Phi) is 8.03. The van der Waals surface area contributed by atoms with Gasteiger partial charge in [0, 0.05) is 17.8 Å². The molecule has 0 atom stereocenters. The van der Waals surface area contributed by atoms with Crippen molar-refractivity contribution in [3.05, 3.63) is 65.2 Å². The molecule has 1 saturated heterocycles. The van der Waals surface area contributed by atoms with Crippen LogP contribution in [-0.2, 0) is 11.3 Å². The van der Waals surface area contributed by atoms with Gasteiger partial charge in [0.2, 0.25) is 0 Å². The summed E-state index contributed by atoms with van der Waals surface area (Å²) in [6.07, 6.45) is 4.36. The lowest BCUT2D eigenvalue weighted by Crippen LogP contribution is -2.32. The first-order valence-electron chi connectivity index (χ1n) is 10.9. The van der Waals surface area contributed by atoms with Gasteiger partial charge in [0.1, 0.15) is 0 Å². The number of amides is 1. The zero-order valence-corrected chi connectivity index (χ0v) is 18.0. The summed E-state index contributed by atoms with van der Waals surface area (Å²) in [6.45, 7) is 8.02. The lowest BCUT2D eigenvalue weighted by molar-refractivity contribution is 0.0499. The fraction of sp³-hybridized carbons (Fsp3) is 0.440. The summed E-state index contributed by atoms with van der Waals surface area (Å²) in [4.78, 5) is 27.0. The van der Waals surface area contributed by atoms with Crippen LogP contribution in [0.1, 0.15) is 65.8 Å². The molecule has 30 heavy (non-hydrogen) atoms. The van der Waals surface area contributed by atoms with E-state index in [0.717, 1.165) is 38.4 Å². The first-order chi connectivity index (χ1) is 14.5. The topological polar surface area (TPSA) is 58.6 Å². The zero-order valence-electron chi connectivity index (χ0n) is 18.0. The number of piperidine rings is 1. The highest BCUT2D eigenvalue weighted by Gasteiger charge is 2.16. The van der Waals surface area contributed by atoms with Crippen molar-refractivity contribution in [2.24, 2.45) is 5.92 Å². The third-order valence-corrected chi connectivity index (χ3v) is 5.61. The summed E-state index contributed by atoms with van der Waals surface area (Å²) >= 11 is 0. The lowest BCUT2D eigenvalue weighted by Gasteiger charge is -2.30. The smallest absolute Gasteiger partial charge is 0.338 e. The number of rotatable bonds is 8. The largest absolute Gasteiger partial charge is 0.462 e. The number of anilines is 1. The zero-order chi connectivity index (χ0) is 21.3. The predicted molar refractivity (Wildman–Crippen MR) is 120 cm³/mol. The van der Waals surface area contributed by atoms with Crippen molar-refractivity contribution in [1.29, 1.82) is 0 Å². The Balaban J connectivity index is 1.51. The molecule has 1 aliphatic rings. The fourth-order valence-electron chi connectivity index (χ4n) is 3.53. The van der Waals surface area contributed by atoms with Gasteiger partial charge in [-0.1, -0.05) is 32.4 Å². The minimum Gasteiger partial charge on any atom is -0.462 e. The maximum absolute atomic E-state index is 12.5. The van der Waals surface area contributed by atoms with Gasteiger partial charge in [0.05, 0.1) is 12.2 Å². The molecule has 1 fully saturated rings. The molecule has 2 aromatic rings. The van der Waals surface area contributed by atoms with Crippen molar-refractivity contribution >= 4 is 17.6 Å². The van der Waals surface area contributed by atoms with Gasteiger partial charge < -0.3 is 10.1 Å². The van der Waals surface area contributed by atoms with Crippen molar-refractivity contribution in [3.63, 3.8) is 0 Å². The van der Waals surface area contributed by atoms with Crippen molar-refractivity contribution < 1.29 is 14.3 Å². The van der Waals surface area contributed by atoms with E-state index in [0.29, 0.717) is 23.4 Å². The van der Waals surface area contributed by atoms with E-state index in [-0.39, 0.29) is 11.9 Å². The van der Waals surface area contributed by atoms with E-state index in [1.54, 1.807) is 24.3 Å². The Hall–Kier alpha value is -2.66. The normalized spacial score (nSPS) is 15.0. The molecule has 1 heterocycles. The summed E-state index contributed by atoms with van der Waals surface area (Å²) in [6, 6.07) is 14.6. The Morgan fingerprint density at radius 1 is 1.00 bits per heavy atom. The average molecular weight is 409 g/mol. The summed E-state index contributed by atoms with van der Waals surface area (Å²) in [5, 5.41) is 2.88. The Morgan fingerprint density at radius 3 is 2.27 bits per heavy atom. The van der Waals surface area contributed by atoms with Crippen LogP contribution < -0.4 is 5.32 Å². The van der Waals surface area contributed by atoms with E-state index in [1.165, 1.54) is 18.4 Å². The molecule has 0 aliphatic carbocycles. The predicted octanol–water partition coefficient (Wildman–Crippen LogP) is 5.13. The maximum Gasteiger partial charge on any atom is 0.338 e. The first-order valence-corrected chi connectivity index (χ1v) is 10.9. The van der Waals surface area contributed by atoms with Gasteiger partial charge in [0.15, 0.2) is 0 Å². The third-order valence-electron chi connectivity index (χ3n) is 5.61. The van der Waals surface area contributed by atoms with E-state index in [1.807, 2.05) is 31.2 Å². The molecule has 3 rings (SSSR count). The number of carbonyl (C=O) groups is 2. The van der Waals surface area contributed by atoms with Crippen LogP contribution >= 0.6 is 0 Å². The van der Waals surface area contributed by atoms with Crippen LogP contribution in [0.2, 0.25) is 0 Å². The summed E-state index contributed by atoms with van der Waals surface area (Å²) in [7, 11) is 0. The van der Waals surface area contributed by atoms with Crippen LogP contribution in [0, 0.1) is 5.92 Å². The Labute approximate surface area is 179 Å². The van der Waals surface area contributed by atoms with E-state index >= 15 is 0 Å². The number of unbranched alkanes of at least 4 members (excludes halogenated alkanes) is 1. The molecule has 0 saturated carbocycles. The second kappa shape index (κ2) is 10.9. The summed E-state index contributed by atoms with van der Waals surface area (Å²) in [5.74, 6) is 0.333. The van der Waals surface area contributed by atoms with Gasteiger partial charge in [0.25, 0.3) is 5.91 Å². The Morgan fingerprint density at radius 2 is 1.63 bits per heavy atom. The SMILES string of the molecule is CCCCOC(=O)c1ccc(NC(=O)c2ccc(CN3CCC(C)CC3)cc2)cc1.